The van der Waals surface area contributed by atoms with Gasteiger partial charge < -0.3 is 0 Å². The average Bonchev–Trinajstić information content (AvgIpc) is 2.53. The van der Waals surface area contributed by atoms with Gasteiger partial charge in [-0.15, -0.1) is 0 Å². The zero-order valence-electron chi connectivity index (χ0n) is 8.54. The van der Waals surface area contributed by atoms with Gasteiger partial charge in [0.1, 0.15) is 5.82 Å². The molecule has 16 heavy (non-hydrogen) atoms. The zero-order chi connectivity index (χ0) is 11.7. The van der Waals surface area contributed by atoms with Crippen molar-refractivity contribution in [2.75, 3.05) is 0 Å². The van der Waals surface area contributed by atoms with Crippen molar-refractivity contribution in [1.82, 2.24) is 4.57 Å². The highest BCUT2D eigenvalue weighted by Crippen LogP contribution is 2.16. The van der Waals surface area contributed by atoms with E-state index in [1.807, 2.05) is 6.92 Å². The summed E-state index contributed by atoms with van der Waals surface area (Å²) in [5.74, 6) is -0.299. The average molecular weight is 302 g/mol. The monoisotopic (exact) mass is 301 g/mol. The minimum Gasteiger partial charge on any atom is -0.299 e. The van der Waals surface area contributed by atoms with Crippen LogP contribution in [-0.2, 0) is 6.54 Å². The van der Waals surface area contributed by atoms with Crippen LogP contribution < -0.4 is 4.87 Å². The molecule has 0 N–H and O–H groups in total. The Balaban J connectivity index is 2.38. The number of thiazole rings is 1. The van der Waals surface area contributed by atoms with Gasteiger partial charge in [0.2, 0.25) is 0 Å². The number of hydrogen-bond acceptors (Lipinski definition) is 2. The maximum absolute atomic E-state index is 13.6. The lowest BCUT2D eigenvalue weighted by Gasteiger charge is -2.06. The summed E-state index contributed by atoms with van der Waals surface area (Å²) in [5, 5.41) is 1.78. The van der Waals surface area contributed by atoms with Crippen LogP contribution >= 0.6 is 27.3 Å². The van der Waals surface area contributed by atoms with Gasteiger partial charge in [0, 0.05) is 21.1 Å². The van der Waals surface area contributed by atoms with Gasteiger partial charge in [-0.3, -0.25) is 9.36 Å². The van der Waals surface area contributed by atoms with Crippen LogP contribution in [0.2, 0.25) is 0 Å². The standard InChI is InChI=1S/C11H9BrFNOS/c1-7-6-16-11(15)14(7)5-8-2-3-9(12)4-10(8)13/h2-4,6H,5H2,1H3. The molecule has 0 atom stereocenters. The number of halogens is 2. The molecule has 84 valence electrons. The predicted molar refractivity (Wildman–Crippen MR) is 66.5 cm³/mol. The fourth-order valence-corrected chi connectivity index (χ4v) is 2.48. The molecule has 2 aromatic rings. The molecular formula is C11H9BrFNOS. The first-order chi connectivity index (χ1) is 7.58. The Morgan fingerprint density at radius 3 is 2.81 bits per heavy atom. The van der Waals surface area contributed by atoms with Gasteiger partial charge >= 0.3 is 4.87 Å². The third-order valence-corrected chi connectivity index (χ3v) is 3.69. The Labute approximate surface area is 104 Å². The van der Waals surface area contributed by atoms with Crippen LogP contribution in [0.3, 0.4) is 0 Å². The van der Waals surface area contributed by atoms with Crippen LogP contribution in [0.5, 0.6) is 0 Å². The van der Waals surface area contributed by atoms with Gasteiger partial charge in [-0.25, -0.2) is 4.39 Å². The lowest BCUT2D eigenvalue weighted by Crippen LogP contribution is -2.16. The molecule has 1 aromatic heterocycles. The van der Waals surface area contributed by atoms with Crippen molar-refractivity contribution in [3.8, 4) is 0 Å². The smallest absolute Gasteiger partial charge is 0.299 e. The topological polar surface area (TPSA) is 22.0 Å². The highest BCUT2D eigenvalue weighted by Gasteiger charge is 2.07. The SMILES string of the molecule is Cc1csc(=O)n1Cc1ccc(Br)cc1F. The van der Waals surface area contributed by atoms with Crippen molar-refractivity contribution in [1.29, 1.82) is 0 Å². The Hall–Kier alpha value is -0.940. The van der Waals surface area contributed by atoms with Gasteiger partial charge in [0.15, 0.2) is 0 Å². The van der Waals surface area contributed by atoms with E-state index in [4.69, 9.17) is 0 Å². The van der Waals surface area contributed by atoms with E-state index in [1.54, 1.807) is 22.1 Å². The summed E-state index contributed by atoms with van der Waals surface area (Å²) in [5.41, 5.74) is 1.38. The number of hydrogen-bond donors (Lipinski definition) is 0. The maximum Gasteiger partial charge on any atom is 0.307 e. The second-order valence-corrected chi connectivity index (χ2v) is 5.20. The van der Waals surface area contributed by atoms with Crippen LogP contribution in [0.1, 0.15) is 11.3 Å². The number of benzene rings is 1. The van der Waals surface area contributed by atoms with E-state index in [1.165, 1.54) is 6.07 Å². The third kappa shape index (κ3) is 2.25. The van der Waals surface area contributed by atoms with Crippen molar-refractivity contribution in [3.05, 3.63) is 54.8 Å². The Bertz CT molecular complexity index is 576. The minimum atomic E-state index is -0.299. The van der Waals surface area contributed by atoms with E-state index in [9.17, 15) is 9.18 Å². The molecule has 0 saturated heterocycles. The van der Waals surface area contributed by atoms with Gasteiger partial charge in [0.05, 0.1) is 6.54 Å². The molecule has 0 radical (unpaired) electrons. The van der Waals surface area contributed by atoms with Crippen LogP contribution in [0.4, 0.5) is 4.39 Å². The minimum absolute atomic E-state index is 0.0557. The Kier molecular flexibility index (Phi) is 3.25. The molecule has 0 amide bonds. The van der Waals surface area contributed by atoms with Gasteiger partial charge in [-0.1, -0.05) is 33.3 Å². The van der Waals surface area contributed by atoms with E-state index in [0.717, 1.165) is 17.0 Å². The second kappa shape index (κ2) is 4.51. The summed E-state index contributed by atoms with van der Waals surface area (Å²) in [6.45, 7) is 2.13. The molecule has 0 aliphatic heterocycles. The van der Waals surface area contributed by atoms with Gasteiger partial charge in [-0.2, -0.15) is 0 Å². The lowest BCUT2D eigenvalue weighted by atomic mass is 10.2. The normalized spacial score (nSPS) is 10.7. The van der Waals surface area contributed by atoms with Crippen LogP contribution in [0.15, 0.2) is 32.8 Å². The third-order valence-electron chi connectivity index (χ3n) is 2.32. The molecule has 2 nitrogen and oxygen atoms in total. The summed E-state index contributed by atoms with van der Waals surface area (Å²) >= 11 is 4.33. The molecule has 1 aromatic carbocycles. The summed E-state index contributed by atoms with van der Waals surface area (Å²) in [7, 11) is 0. The first kappa shape index (κ1) is 11.5. The molecule has 0 saturated carbocycles. The number of aromatic nitrogens is 1. The first-order valence-corrected chi connectivity index (χ1v) is 6.34. The van der Waals surface area contributed by atoms with Crippen LogP contribution in [0, 0.1) is 12.7 Å². The lowest BCUT2D eigenvalue weighted by molar-refractivity contribution is 0.595. The highest BCUT2D eigenvalue weighted by atomic mass is 79.9. The molecule has 1 heterocycles. The molecule has 5 heteroatoms. The Morgan fingerprint density at radius 1 is 1.50 bits per heavy atom. The van der Waals surface area contributed by atoms with Crippen molar-refractivity contribution in [3.63, 3.8) is 0 Å². The van der Waals surface area contributed by atoms with Crippen molar-refractivity contribution in [2.24, 2.45) is 0 Å². The number of rotatable bonds is 2. The first-order valence-electron chi connectivity index (χ1n) is 4.67. The fourth-order valence-electron chi connectivity index (χ4n) is 1.42. The predicted octanol–water partition coefficient (Wildman–Crippen LogP) is 3.17. The molecule has 0 spiro atoms. The van der Waals surface area contributed by atoms with Crippen molar-refractivity contribution in [2.45, 2.75) is 13.5 Å². The molecule has 0 unspecified atom stereocenters. The summed E-state index contributed by atoms with van der Waals surface area (Å²) in [6, 6.07) is 4.86. The van der Waals surface area contributed by atoms with Crippen LogP contribution in [-0.4, -0.2) is 4.57 Å². The largest absolute Gasteiger partial charge is 0.307 e. The number of aryl methyl sites for hydroxylation is 1. The molecule has 0 aliphatic carbocycles. The number of nitrogens with zero attached hydrogens (tertiary/aromatic N) is 1. The second-order valence-electron chi connectivity index (χ2n) is 3.46. The molecule has 2 rings (SSSR count). The molecule has 0 bridgehead atoms. The van der Waals surface area contributed by atoms with Gasteiger partial charge in [0.25, 0.3) is 0 Å². The van der Waals surface area contributed by atoms with Crippen molar-refractivity contribution >= 4 is 27.3 Å². The maximum atomic E-state index is 13.6. The fraction of sp³-hybridized carbons (Fsp3) is 0.182. The van der Waals surface area contributed by atoms with Gasteiger partial charge in [-0.05, 0) is 19.1 Å². The highest BCUT2D eigenvalue weighted by molar-refractivity contribution is 9.10. The Morgan fingerprint density at radius 2 is 2.25 bits per heavy atom. The molecular weight excluding hydrogens is 293 g/mol. The van der Waals surface area contributed by atoms with E-state index >= 15 is 0 Å². The van der Waals surface area contributed by atoms with E-state index in [-0.39, 0.29) is 17.2 Å². The van der Waals surface area contributed by atoms with E-state index in [2.05, 4.69) is 15.9 Å². The van der Waals surface area contributed by atoms with Crippen LogP contribution in [0.25, 0.3) is 0 Å². The quantitative estimate of drug-likeness (QED) is 0.835. The molecule has 0 aliphatic rings. The zero-order valence-corrected chi connectivity index (χ0v) is 10.9. The van der Waals surface area contributed by atoms with Crippen molar-refractivity contribution < 1.29 is 4.39 Å². The van der Waals surface area contributed by atoms with E-state index in [0.29, 0.717) is 10.0 Å². The summed E-state index contributed by atoms with van der Waals surface area (Å²) in [4.78, 5) is 11.4. The summed E-state index contributed by atoms with van der Waals surface area (Å²) < 4.78 is 15.8. The summed E-state index contributed by atoms with van der Waals surface area (Å²) in [6.07, 6.45) is 0. The van der Waals surface area contributed by atoms with E-state index < -0.39 is 0 Å². The molecule has 0 fully saturated rings.